The van der Waals surface area contributed by atoms with Gasteiger partial charge in [-0.15, -0.1) is 0 Å². The molecule has 0 aliphatic carbocycles. The Balaban J connectivity index is 1.34. The maximum atomic E-state index is 6.13. The first-order valence-electron chi connectivity index (χ1n) is 11.1. The highest BCUT2D eigenvalue weighted by Gasteiger charge is 2.25. The highest BCUT2D eigenvalue weighted by atomic mass is 16.5. The van der Waals surface area contributed by atoms with Crippen molar-refractivity contribution in [2.45, 2.75) is 33.0 Å². The standard InChI is InChI=1S/C25H28N6O/c1-3-31-22-9-5-4-8-20(22)29-25(31)17-30-12-13-32-23(16-30)21-15-19(14-18(2)27-21)28-24-10-6-7-11-26-24/h4-11,14-15,23H,3,12-13,16-17H2,1-2H3,(H,26,27,28)/t23-/m0/s1. The van der Waals surface area contributed by atoms with Crippen LogP contribution in [0, 0.1) is 6.92 Å². The van der Waals surface area contributed by atoms with Crippen molar-refractivity contribution in [3.05, 3.63) is 78.0 Å². The summed E-state index contributed by atoms with van der Waals surface area (Å²) >= 11 is 0. The van der Waals surface area contributed by atoms with Crippen molar-refractivity contribution in [2.75, 3.05) is 25.0 Å². The van der Waals surface area contributed by atoms with Crippen LogP contribution in [0.25, 0.3) is 11.0 Å². The zero-order chi connectivity index (χ0) is 21.9. The minimum atomic E-state index is -0.0765. The van der Waals surface area contributed by atoms with Gasteiger partial charge in [0.1, 0.15) is 17.7 Å². The summed E-state index contributed by atoms with van der Waals surface area (Å²) in [5.41, 5.74) is 5.12. The second kappa shape index (κ2) is 9.06. The number of fused-ring (bicyclic) bond motifs is 1. The van der Waals surface area contributed by atoms with E-state index in [-0.39, 0.29) is 6.10 Å². The molecule has 1 aliphatic heterocycles. The molecular formula is C25H28N6O. The largest absolute Gasteiger partial charge is 0.369 e. The number of hydrogen-bond acceptors (Lipinski definition) is 6. The summed E-state index contributed by atoms with van der Waals surface area (Å²) in [6, 6.07) is 18.3. The first kappa shape index (κ1) is 20.6. The smallest absolute Gasteiger partial charge is 0.130 e. The van der Waals surface area contributed by atoms with Gasteiger partial charge in [-0.25, -0.2) is 9.97 Å². The van der Waals surface area contributed by atoms with Gasteiger partial charge in [0, 0.05) is 37.2 Å². The summed E-state index contributed by atoms with van der Waals surface area (Å²) in [5, 5.41) is 3.37. The van der Waals surface area contributed by atoms with Gasteiger partial charge in [0.15, 0.2) is 0 Å². The van der Waals surface area contributed by atoms with Gasteiger partial charge in [0.25, 0.3) is 0 Å². The molecule has 0 unspecified atom stereocenters. The molecule has 32 heavy (non-hydrogen) atoms. The topological polar surface area (TPSA) is 68.1 Å². The van der Waals surface area contributed by atoms with E-state index in [9.17, 15) is 0 Å². The summed E-state index contributed by atoms with van der Waals surface area (Å²) in [4.78, 5) is 16.4. The van der Waals surface area contributed by atoms with E-state index in [1.54, 1.807) is 6.20 Å². The molecule has 1 aromatic carbocycles. The monoisotopic (exact) mass is 428 g/mol. The third-order valence-electron chi connectivity index (χ3n) is 5.81. The number of nitrogens with one attached hydrogen (secondary N) is 1. The lowest BCUT2D eigenvalue weighted by Gasteiger charge is -2.32. The fraction of sp³-hybridized carbons (Fsp3) is 0.320. The molecule has 1 saturated heterocycles. The number of aryl methyl sites for hydroxylation is 2. The zero-order valence-corrected chi connectivity index (χ0v) is 18.5. The fourth-order valence-electron chi connectivity index (χ4n) is 4.34. The molecule has 1 aliphatic rings. The Morgan fingerprint density at radius 3 is 2.81 bits per heavy atom. The van der Waals surface area contributed by atoms with E-state index >= 15 is 0 Å². The number of anilines is 2. The van der Waals surface area contributed by atoms with E-state index in [0.717, 1.165) is 60.4 Å². The third kappa shape index (κ3) is 4.35. The lowest BCUT2D eigenvalue weighted by Crippen LogP contribution is -2.38. The van der Waals surface area contributed by atoms with Crippen molar-refractivity contribution in [1.29, 1.82) is 0 Å². The van der Waals surface area contributed by atoms with Gasteiger partial charge < -0.3 is 14.6 Å². The van der Waals surface area contributed by atoms with Crippen molar-refractivity contribution >= 4 is 22.5 Å². The van der Waals surface area contributed by atoms with Crippen molar-refractivity contribution < 1.29 is 4.74 Å². The summed E-state index contributed by atoms with van der Waals surface area (Å²) in [7, 11) is 0. The van der Waals surface area contributed by atoms with E-state index in [4.69, 9.17) is 14.7 Å². The number of rotatable bonds is 6. The van der Waals surface area contributed by atoms with E-state index in [0.29, 0.717) is 6.61 Å². The Hall–Kier alpha value is -3.29. The molecule has 0 saturated carbocycles. The quantitative estimate of drug-likeness (QED) is 0.489. The fourth-order valence-corrected chi connectivity index (χ4v) is 4.34. The molecule has 0 spiro atoms. The Morgan fingerprint density at radius 1 is 1.09 bits per heavy atom. The predicted octanol–water partition coefficient (Wildman–Crippen LogP) is 4.47. The van der Waals surface area contributed by atoms with Crippen LogP contribution in [0.3, 0.4) is 0 Å². The predicted molar refractivity (Wildman–Crippen MR) is 126 cm³/mol. The van der Waals surface area contributed by atoms with Gasteiger partial charge in [-0.3, -0.25) is 9.88 Å². The molecule has 0 bridgehead atoms. The number of para-hydroxylation sites is 2. The summed E-state index contributed by atoms with van der Waals surface area (Å²) in [6.45, 7) is 8.24. The van der Waals surface area contributed by atoms with Crippen molar-refractivity contribution in [2.24, 2.45) is 0 Å². The van der Waals surface area contributed by atoms with E-state index in [2.05, 4.69) is 51.0 Å². The zero-order valence-electron chi connectivity index (χ0n) is 18.5. The van der Waals surface area contributed by atoms with Gasteiger partial charge in [-0.1, -0.05) is 18.2 Å². The number of hydrogen-bond donors (Lipinski definition) is 1. The Morgan fingerprint density at radius 2 is 1.97 bits per heavy atom. The number of morpholine rings is 1. The van der Waals surface area contributed by atoms with E-state index in [1.165, 1.54) is 5.52 Å². The van der Waals surface area contributed by atoms with Crippen LogP contribution in [0.5, 0.6) is 0 Å². The SMILES string of the molecule is CCn1c(CN2CCO[C@H](c3cc(Nc4ccccn4)cc(C)n3)C2)nc2ccccc21. The first-order chi connectivity index (χ1) is 15.7. The van der Waals surface area contributed by atoms with Gasteiger partial charge >= 0.3 is 0 Å². The molecule has 7 nitrogen and oxygen atoms in total. The van der Waals surface area contributed by atoms with Gasteiger partial charge in [0.2, 0.25) is 0 Å². The highest BCUT2D eigenvalue weighted by molar-refractivity contribution is 5.75. The lowest BCUT2D eigenvalue weighted by atomic mass is 10.1. The van der Waals surface area contributed by atoms with Crippen LogP contribution in [0.2, 0.25) is 0 Å². The molecule has 0 radical (unpaired) electrons. The molecule has 1 fully saturated rings. The van der Waals surface area contributed by atoms with Gasteiger partial charge in [-0.05, 0) is 50.2 Å². The van der Waals surface area contributed by atoms with Crippen molar-refractivity contribution in [3.8, 4) is 0 Å². The number of ether oxygens (including phenoxy) is 1. The second-order valence-electron chi connectivity index (χ2n) is 8.12. The molecule has 4 heterocycles. The maximum Gasteiger partial charge on any atom is 0.130 e. The summed E-state index contributed by atoms with van der Waals surface area (Å²) in [6.07, 6.45) is 1.70. The number of imidazole rings is 1. The minimum absolute atomic E-state index is 0.0765. The Bertz CT molecular complexity index is 1210. The number of nitrogens with zero attached hydrogens (tertiary/aromatic N) is 5. The molecule has 164 valence electrons. The molecule has 0 amide bonds. The van der Waals surface area contributed by atoms with Crippen LogP contribution >= 0.6 is 0 Å². The molecule has 5 rings (SSSR count). The highest BCUT2D eigenvalue weighted by Crippen LogP contribution is 2.26. The van der Waals surface area contributed by atoms with Gasteiger partial charge in [-0.2, -0.15) is 0 Å². The van der Waals surface area contributed by atoms with Crippen LogP contribution in [0.15, 0.2) is 60.8 Å². The van der Waals surface area contributed by atoms with E-state index < -0.39 is 0 Å². The third-order valence-corrected chi connectivity index (χ3v) is 5.81. The molecule has 1 atom stereocenters. The van der Waals surface area contributed by atoms with E-state index in [1.807, 2.05) is 37.3 Å². The lowest BCUT2D eigenvalue weighted by molar-refractivity contribution is -0.0359. The van der Waals surface area contributed by atoms with Crippen LogP contribution in [0.1, 0.15) is 30.2 Å². The van der Waals surface area contributed by atoms with Gasteiger partial charge in [0.05, 0.1) is 29.9 Å². The molecule has 1 N–H and O–H groups in total. The second-order valence-corrected chi connectivity index (χ2v) is 8.12. The summed E-state index contributed by atoms with van der Waals surface area (Å²) < 4.78 is 8.44. The minimum Gasteiger partial charge on any atom is -0.369 e. The molecule has 4 aromatic rings. The average Bonchev–Trinajstić information content (AvgIpc) is 3.16. The molecule has 3 aromatic heterocycles. The van der Waals surface area contributed by atoms with Crippen LogP contribution in [-0.2, 0) is 17.8 Å². The molecule has 7 heteroatoms. The average molecular weight is 429 g/mol. The first-order valence-corrected chi connectivity index (χ1v) is 11.1. The van der Waals surface area contributed by atoms with Crippen LogP contribution < -0.4 is 5.32 Å². The number of pyridine rings is 2. The molecular weight excluding hydrogens is 400 g/mol. The summed E-state index contributed by atoms with van der Waals surface area (Å²) in [5.74, 6) is 1.91. The van der Waals surface area contributed by atoms with Crippen molar-refractivity contribution in [3.63, 3.8) is 0 Å². The Kier molecular flexibility index (Phi) is 5.83. The normalized spacial score (nSPS) is 17.0. The van der Waals surface area contributed by atoms with Crippen LogP contribution in [-0.4, -0.2) is 44.1 Å². The van der Waals surface area contributed by atoms with Crippen LogP contribution in [0.4, 0.5) is 11.5 Å². The number of aromatic nitrogens is 4. The Labute approximate surface area is 188 Å². The number of benzene rings is 1. The maximum absolute atomic E-state index is 6.13. The van der Waals surface area contributed by atoms with Crippen molar-refractivity contribution in [1.82, 2.24) is 24.4 Å².